The number of aliphatic hydroxyl groups excluding tert-OH is 1. The third-order valence-electron chi connectivity index (χ3n) is 2.49. The molecule has 4 heteroatoms. The van der Waals surface area contributed by atoms with Crippen molar-refractivity contribution in [2.75, 3.05) is 19.7 Å². The molecule has 1 amide bonds. The molecule has 96 valence electrons. The van der Waals surface area contributed by atoms with Crippen molar-refractivity contribution in [1.82, 2.24) is 10.6 Å². The minimum Gasteiger partial charge on any atom is -0.396 e. The number of amides is 1. The average molecular weight is 230 g/mol. The summed E-state index contributed by atoms with van der Waals surface area (Å²) in [6.07, 6.45) is 2.91. The minimum absolute atomic E-state index is 0.0349. The van der Waals surface area contributed by atoms with Crippen LogP contribution in [0.5, 0.6) is 0 Å². The van der Waals surface area contributed by atoms with Crippen molar-refractivity contribution in [2.24, 2.45) is 5.92 Å². The molecule has 0 heterocycles. The second-order valence-electron chi connectivity index (χ2n) is 4.51. The predicted molar refractivity (Wildman–Crippen MR) is 66.2 cm³/mol. The molecular weight excluding hydrogens is 204 g/mol. The summed E-state index contributed by atoms with van der Waals surface area (Å²) in [5.41, 5.74) is 0. The molecule has 0 saturated carbocycles. The van der Waals surface area contributed by atoms with E-state index in [-0.39, 0.29) is 12.5 Å². The fraction of sp³-hybridized carbons (Fsp3) is 0.917. The van der Waals surface area contributed by atoms with E-state index in [2.05, 4.69) is 17.6 Å². The topological polar surface area (TPSA) is 61.4 Å². The maximum absolute atomic E-state index is 11.4. The summed E-state index contributed by atoms with van der Waals surface area (Å²) in [5.74, 6) is 0.436. The van der Waals surface area contributed by atoms with Gasteiger partial charge in [-0.1, -0.05) is 27.2 Å². The Morgan fingerprint density at radius 2 is 2.00 bits per heavy atom. The molecular formula is C12H26N2O2. The third kappa shape index (κ3) is 8.68. The fourth-order valence-electron chi connectivity index (χ4n) is 1.56. The number of hydrogen-bond acceptors (Lipinski definition) is 3. The van der Waals surface area contributed by atoms with E-state index in [9.17, 15) is 4.79 Å². The van der Waals surface area contributed by atoms with Crippen LogP contribution in [0.15, 0.2) is 0 Å². The van der Waals surface area contributed by atoms with Gasteiger partial charge in [-0.3, -0.25) is 4.79 Å². The quantitative estimate of drug-likeness (QED) is 0.551. The molecule has 16 heavy (non-hydrogen) atoms. The van der Waals surface area contributed by atoms with Gasteiger partial charge in [0.05, 0.1) is 6.54 Å². The van der Waals surface area contributed by atoms with Crippen LogP contribution in [-0.2, 0) is 4.79 Å². The van der Waals surface area contributed by atoms with Gasteiger partial charge in [-0.2, -0.15) is 0 Å². The molecule has 0 fully saturated rings. The van der Waals surface area contributed by atoms with Gasteiger partial charge in [0.15, 0.2) is 0 Å². The lowest BCUT2D eigenvalue weighted by molar-refractivity contribution is -0.120. The van der Waals surface area contributed by atoms with Crippen molar-refractivity contribution in [1.29, 1.82) is 0 Å². The van der Waals surface area contributed by atoms with Crippen molar-refractivity contribution >= 4 is 5.91 Å². The van der Waals surface area contributed by atoms with E-state index in [0.717, 1.165) is 19.3 Å². The third-order valence-corrected chi connectivity index (χ3v) is 2.49. The van der Waals surface area contributed by atoms with E-state index in [4.69, 9.17) is 5.11 Å². The first kappa shape index (κ1) is 15.4. The van der Waals surface area contributed by atoms with Gasteiger partial charge in [-0.15, -0.1) is 0 Å². The van der Waals surface area contributed by atoms with E-state index in [1.54, 1.807) is 0 Å². The molecule has 0 aliphatic rings. The molecule has 0 rings (SSSR count). The number of carbonyl (C=O) groups is 1. The summed E-state index contributed by atoms with van der Waals surface area (Å²) in [5, 5.41) is 14.8. The normalized spacial score (nSPS) is 12.8. The molecule has 0 spiro atoms. The van der Waals surface area contributed by atoms with Gasteiger partial charge >= 0.3 is 0 Å². The highest BCUT2D eigenvalue weighted by Gasteiger charge is 2.09. The maximum atomic E-state index is 11.4. The summed E-state index contributed by atoms with van der Waals surface area (Å²) in [6.45, 7) is 7.39. The Labute approximate surface area is 98.8 Å². The van der Waals surface area contributed by atoms with E-state index in [1.807, 2.05) is 13.8 Å². The largest absolute Gasteiger partial charge is 0.396 e. The van der Waals surface area contributed by atoms with Crippen molar-refractivity contribution in [3.8, 4) is 0 Å². The van der Waals surface area contributed by atoms with Crippen molar-refractivity contribution < 1.29 is 9.90 Å². The first-order chi connectivity index (χ1) is 7.60. The lowest BCUT2D eigenvalue weighted by atomic mass is 10.0. The Morgan fingerprint density at radius 3 is 2.50 bits per heavy atom. The van der Waals surface area contributed by atoms with Gasteiger partial charge in [-0.25, -0.2) is 0 Å². The molecule has 0 saturated heterocycles. The highest BCUT2D eigenvalue weighted by molar-refractivity contribution is 5.77. The standard InChI is InChI=1S/C12H26N2O2/c1-4-5-11(6-7-15)8-14-12(16)9-13-10(2)3/h10-11,13,15H,4-9H2,1-3H3,(H,14,16). The molecule has 0 aromatic rings. The summed E-state index contributed by atoms with van der Waals surface area (Å²) in [6, 6.07) is 0.328. The van der Waals surface area contributed by atoms with Gasteiger partial charge in [0.25, 0.3) is 0 Å². The van der Waals surface area contributed by atoms with Crippen LogP contribution in [0.1, 0.15) is 40.0 Å². The van der Waals surface area contributed by atoms with Gasteiger partial charge in [0.1, 0.15) is 0 Å². The molecule has 1 atom stereocenters. The predicted octanol–water partition coefficient (Wildman–Crippen LogP) is 0.899. The zero-order valence-electron chi connectivity index (χ0n) is 10.8. The van der Waals surface area contributed by atoms with Crippen LogP contribution in [0.25, 0.3) is 0 Å². The van der Waals surface area contributed by atoms with Crippen LogP contribution in [-0.4, -0.2) is 36.8 Å². The fourth-order valence-corrected chi connectivity index (χ4v) is 1.56. The zero-order chi connectivity index (χ0) is 12.4. The second-order valence-corrected chi connectivity index (χ2v) is 4.51. The first-order valence-corrected chi connectivity index (χ1v) is 6.21. The molecule has 0 radical (unpaired) electrons. The Bertz CT molecular complexity index is 178. The molecule has 0 aromatic heterocycles. The number of hydrogen-bond donors (Lipinski definition) is 3. The van der Waals surface area contributed by atoms with Gasteiger partial charge < -0.3 is 15.7 Å². The molecule has 0 bridgehead atoms. The van der Waals surface area contributed by atoms with E-state index in [0.29, 0.717) is 25.0 Å². The number of carbonyl (C=O) groups excluding carboxylic acids is 1. The van der Waals surface area contributed by atoms with Crippen molar-refractivity contribution in [3.63, 3.8) is 0 Å². The lowest BCUT2D eigenvalue weighted by Crippen LogP contribution is -2.39. The van der Waals surface area contributed by atoms with E-state index < -0.39 is 0 Å². The smallest absolute Gasteiger partial charge is 0.233 e. The van der Waals surface area contributed by atoms with Crippen molar-refractivity contribution in [3.05, 3.63) is 0 Å². The first-order valence-electron chi connectivity index (χ1n) is 6.21. The summed E-state index contributed by atoms with van der Waals surface area (Å²) < 4.78 is 0. The summed E-state index contributed by atoms with van der Waals surface area (Å²) in [4.78, 5) is 11.4. The zero-order valence-corrected chi connectivity index (χ0v) is 10.8. The van der Waals surface area contributed by atoms with Crippen LogP contribution in [0.3, 0.4) is 0 Å². The highest BCUT2D eigenvalue weighted by atomic mass is 16.3. The number of nitrogens with one attached hydrogen (secondary N) is 2. The molecule has 0 aromatic carbocycles. The Hall–Kier alpha value is -0.610. The van der Waals surface area contributed by atoms with Crippen LogP contribution in [0.2, 0.25) is 0 Å². The monoisotopic (exact) mass is 230 g/mol. The van der Waals surface area contributed by atoms with Gasteiger partial charge in [0.2, 0.25) is 5.91 Å². The molecule has 1 unspecified atom stereocenters. The molecule has 4 nitrogen and oxygen atoms in total. The van der Waals surface area contributed by atoms with Crippen LogP contribution < -0.4 is 10.6 Å². The Morgan fingerprint density at radius 1 is 1.31 bits per heavy atom. The molecule has 0 aliphatic carbocycles. The summed E-state index contributed by atoms with van der Waals surface area (Å²) >= 11 is 0. The number of aliphatic hydroxyl groups is 1. The van der Waals surface area contributed by atoms with E-state index >= 15 is 0 Å². The second kappa shape index (κ2) is 9.60. The van der Waals surface area contributed by atoms with Crippen LogP contribution in [0, 0.1) is 5.92 Å². The highest BCUT2D eigenvalue weighted by Crippen LogP contribution is 2.08. The van der Waals surface area contributed by atoms with Crippen molar-refractivity contribution in [2.45, 2.75) is 46.1 Å². The Balaban J connectivity index is 3.68. The number of rotatable bonds is 9. The van der Waals surface area contributed by atoms with Crippen LogP contribution in [0.4, 0.5) is 0 Å². The maximum Gasteiger partial charge on any atom is 0.233 e. The average Bonchev–Trinajstić information content (AvgIpc) is 2.23. The van der Waals surface area contributed by atoms with E-state index in [1.165, 1.54) is 0 Å². The van der Waals surface area contributed by atoms with Gasteiger partial charge in [-0.05, 0) is 18.8 Å². The lowest BCUT2D eigenvalue weighted by Gasteiger charge is -2.16. The SMILES string of the molecule is CCCC(CCO)CNC(=O)CNC(C)C. The summed E-state index contributed by atoms with van der Waals surface area (Å²) in [7, 11) is 0. The Kier molecular flexibility index (Phi) is 9.24. The molecule has 0 aliphatic heterocycles. The van der Waals surface area contributed by atoms with Crippen LogP contribution >= 0.6 is 0 Å². The van der Waals surface area contributed by atoms with Gasteiger partial charge in [0, 0.05) is 19.2 Å². The molecule has 3 N–H and O–H groups in total. The minimum atomic E-state index is 0.0349.